The topological polar surface area (TPSA) is 238 Å². The Morgan fingerprint density at radius 3 is 1.52 bits per heavy atom. The maximum absolute atomic E-state index is 12.8. The molecule has 0 aliphatic carbocycles. The van der Waals surface area contributed by atoms with E-state index in [9.17, 15) is 48.6 Å². The van der Waals surface area contributed by atoms with Gasteiger partial charge in [-0.25, -0.2) is 0 Å². The Kier molecular flexibility index (Phi) is 21.1. The maximum atomic E-state index is 12.8. The SMILES string of the molecule is CC(C)(C)OC(=O)CC(CCC(=O)NC(C[Se][Se]CC(CC(=O)CCC(NC(=O)OC(C)(C)C)C(=O)OC(C)(C)C)C(=O)O)C(=O)O)C(=O)OC(C)(C)C. The Labute approximate surface area is 329 Å². The summed E-state index contributed by atoms with van der Waals surface area (Å²) in [6.07, 6.45) is -2.26. The molecule has 0 heterocycles. The number of rotatable bonds is 21. The molecule has 2 amide bonds. The van der Waals surface area contributed by atoms with E-state index >= 15 is 0 Å². The number of hydrogen-bond donors (Lipinski definition) is 4. The average molecular weight is 903 g/mol. The van der Waals surface area contributed by atoms with Crippen molar-refractivity contribution in [3.63, 3.8) is 0 Å². The molecule has 4 N–H and O–H groups in total. The number of ether oxygens (including phenoxy) is 4. The molecule has 0 aromatic heterocycles. The third kappa shape index (κ3) is 25.8. The first kappa shape index (κ1) is 50.8. The van der Waals surface area contributed by atoms with Gasteiger partial charge in [-0.05, 0) is 0 Å². The molecular weight excluding hydrogens is 842 g/mol. The molecule has 0 rings (SSSR count). The fourth-order valence-corrected chi connectivity index (χ4v) is 11.7. The van der Waals surface area contributed by atoms with Crippen LogP contribution in [0.25, 0.3) is 0 Å². The number of carbonyl (C=O) groups excluding carboxylic acids is 6. The van der Waals surface area contributed by atoms with Crippen molar-refractivity contribution in [1.82, 2.24) is 10.6 Å². The average Bonchev–Trinajstić information content (AvgIpc) is 2.94. The van der Waals surface area contributed by atoms with Gasteiger partial charge in [0.1, 0.15) is 0 Å². The molecule has 0 aliphatic rings. The number of nitrogens with one attached hydrogen (secondary N) is 2. The predicted octanol–water partition coefficient (Wildman–Crippen LogP) is 3.86. The molecular formula is C36H60N2O14Se2. The summed E-state index contributed by atoms with van der Waals surface area (Å²) in [5.74, 6) is -7.74. The predicted molar refractivity (Wildman–Crippen MR) is 199 cm³/mol. The van der Waals surface area contributed by atoms with Gasteiger partial charge in [0, 0.05) is 0 Å². The van der Waals surface area contributed by atoms with E-state index in [0.717, 1.165) is 0 Å². The van der Waals surface area contributed by atoms with Crippen LogP contribution >= 0.6 is 0 Å². The van der Waals surface area contributed by atoms with Crippen LogP contribution in [0, 0.1) is 11.8 Å². The monoisotopic (exact) mass is 904 g/mol. The van der Waals surface area contributed by atoms with Crippen molar-refractivity contribution in [2.24, 2.45) is 11.8 Å². The van der Waals surface area contributed by atoms with E-state index in [0.29, 0.717) is 0 Å². The summed E-state index contributed by atoms with van der Waals surface area (Å²) in [4.78, 5) is 99.9. The molecule has 0 saturated heterocycles. The van der Waals surface area contributed by atoms with E-state index in [2.05, 4.69) is 10.6 Å². The zero-order valence-corrected chi connectivity index (χ0v) is 37.0. The summed E-state index contributed by atoms with van der Waals surface area (Å²) >= 11 is -0.740. The van der Waals surface area contributed by atoms with Crippen LogP contribution in [0.4, 0.5) is 4.79 Å². The summed E-state index contributed by atoms with van der Waals surface area (Å²) in [6, 6.07) is -2.48. The Hall–Kier alpha value is -3.20. The number of Topliss-reactive ketones (excluding diaryl/α,β-unsaturated/α-hetero) is 1. The molecule has 0 radical (unpaired) electrons. The number of aliphatic carboxylic acids is 2. The quantitative estimate of drug-likeness (QED) is 0.0554. The molecule has 16 nitrogen and oxygen atoms in total. The fourth-order valence-electron chi connectivity index (χ4n) is 4.24. The molecule has 310 valence electrons. The normalized spacial score (nSPS) is 14.4. The second-order valence-corrected chi connectivity index (χ2v) is 24.2. The second-order valence-electron chi connectivity index (χ2n) is 16.6. The number of hydrogen-bond acceptors (Lipinski definition) is 12. The number of carbonyl (C=O) groups is 8. The molecule has 0 bridgehead atoms. The standard InChI is InChI=1S/C36H60N2O14Se2/c1-33(2,3)49-27(41)18-21(30(46)50-34(4,5)6)13-16-26(40)37-25(29(44)45)20-54-53-19-22(28(42)43)17-23(39)14-15-24(31(47)51-35(7,8)9)38-32(48)52-36(10,11)12/h21-22,24-25H,13-20H2,1-12H3,(H,37,40)(H,38,48)(H,42,43)(H,44,45). The van der Waals surface area contributed by atoms with Crippen molar-refractivity contribution < 1.29 is 67.5 Å². The first-order chi connectivity index (χ1) is 24.4. The van der Waals surface area contributed by atoms with Crippen LogP contribution < -0.4 is 10.6 Å². The minimum absolute atomic E-state index is 0.0513. The number of amides is 2. The minimum atomic E-state index is -1.29. The molecule has 0 aliphatic heterocycles. The Morgan fingerprint density at radius 1 is 0.537 bits per heavy atom. The van der Waals surface area contributed by atoms with Gasteiger partial charge in [-0.3, -0.25) is 0 Å². The number of carboxylic acid groups (broad SMARTS) is 2. The van der Waals surface area contributed by atoms with Gasteiger partial charge in [0.25, 0.3) is 0 Å². The zero-order valence-electron chi connectivity index (χ0n) is 33.6. The summed E-state index contributed by atoms with van der Waals surface area (Å²) in [5, 5.41) is 24.6. The van der Waals surface area contributed by atoms with E-state index in [4.69, 9.17) is 18.9 Å². The number of carboxylic acids is 2. The van der Waals surface area contributed by atoms with E-state index in [1.54, 1.807) is 83.1 Å². The number of ketones is 1. The van der Waals surface area contributed by atoms with Crippen LogP contribution in [0.5, 0.6) is 0 Å². The summed E-state index contributed by atoms with van der Waals surface area (Å²) < 4.78 is 21.3. The molecule has 4 unspecified atom stereocenters. The van der Waals surface area contributed by atoms with Gasteiger partial charge in [0.05, 0.1) is 0 Å². The van der Waals surface area contributed by atoms with E-state index in [1.807, 2.05) is 0 Å². The zero-order chi connectivity index (χ0) is 42.2. The van der Waals surface area contributed by atoms with Gasteiger partial charge < -0.3 is 0 Å². The van der Waals surface area contributed by atoms with E-state index in [-0.39, 0.29) is 75.4 Å². The molecule has 54 heavy (non-hydrogen) atoms. The summed E-state index contributed by atoms with van der Waals surface area (Å²) in [5.41, 5.74) is -3.35. The first-order valence-electron chi connectivity index (χ1n) is 17.6. The Balaban J connectivity index is 5.27. The summed E-state index contributed by atoms with van der Waals surface area (Å²) in [6.45, 7) is 19.9. The van der Waals surface area contributed by atoms with Crippen LogP contribution in [0.15, 0.2) is 0 Å². The molecule has 4 atom stereocenters. The Bertz CT molecular complexity index is 1230. The number of alkyl carbamates (subject to hydrolysis) is 1. The molecule has 0 saturated carbocycles. The van der Waals surface area contributed by atoms with Gasteiger partial charge >= 0.3 is 331 Å². The van der Waals surface area contributed by atoms with Crippen molar-refractivity contribution in [1.29, 1.82) is 0 Å². The van der Waals surface area contributed by atoms with Crippen molar-refractivity contribution in [3.05, 3.63) is 0 Å². The Morgan fingerprint density at radius 2 is 1.04 bits per heavy atom. The van der Waals surface area contributed by atoms with Crippen LogP contribution in [0.3, 0.4) is 0 Å². The van der Waals surface area contributed by atoms with E-state index in [1.165, 1.54) is 0 Å². The van der Waals surface area contributed by atoms with E-state index < -0.39 is 94.0 Å². The van der Waals surface area contributed by atoms with Crippen molar-refractivity contribution in [2.45, 2.75) is 167 Å². The van der Waals surface area contributed by atoms with Crippen molar-refractivity contribution >= 4 is 73.9 Å². The van der Waals surface area contributed by atoms with Gasteiger partial charge in [-0.1, -0.05) is 0 Å². The molecule has 0 fully saturated rings. The molecule has 0 spiro atoms. The molecule has 18 heteroatoms. The molecule has 0 aromatic rings. The van der Waals surface area contributed by atoms with Crippen LogP contribution in [0.1, 0.15) is 122 Å². The van der Waals surface area contributed by atoms with Gasteiger partial charge in [-0.2, -0.15) is 0 Å². The third-order valence-corrected chi connectivity index (χ3v) is 13.7. The number of esters is 3. The first-order valence-corrected chi connectivity index (χ1v) is 24.3. The van der Waals surface area contributed by atoms with Crippen LogP contribution in [-0.4, -0.2) is 119 Å². The van der Waals surface area contributed by atoms with Crippen LogP contribution in [-0.2, 0) is 52.5 Å². The van der Waals surface area contributed by atoms with Gasteiger partial charge in [0.15, 0.2) is 0 Å². The molecule has 0 aromatic carbocycles. The van der Waals surface area contributed by atoms with Crippen molar-refractivity contribution in [3.8, 4) is 0 Å². The third-order valence-electron chi connectivity index (χ3n) is 6.43. The summed E-state index contributed by atoms with van der Waals surface area (Å²) in [7, 11) is 0. The second kappa shape index (κ2) is 22.4. The van der Waals surface area contributed by atoms with Gasteiger partial charge in [-0.15, -0.1) is 0 Å². The van der Waals surface area contributed by atoms with Crippen molar-refractivity contribution in [2.75, 3.05) is 0 Å². The fraction of sp³-hybridized carbons (Fsp3) is 0.778. The van der Waals surface area contributed by atoms with Gasteiger partial charge in [0.2, 0.25) is 0 Å². The van der Waals surface area contributed by atoms with Crippen LogP contribution in [0.2, 0.25) is 10.6 Å².